The zero-order valence-corrected chi connectivity index (χ0v) is 20.7. The van der Waals surface area contributed by atoms with Gasteiger partial charge in [0.2, 0.25) is 0 Å². The Hall–Kier alpha value is -4.63. The second kappa shape index (κ2) is 11.0. The lowest BCUT2D eigenvalue weighted by atomic mass is 10.1. The minimum absolute atomic E-state index is 0.196. The highest BCUT2D eigenvalue weighted by atomic mass is 35.5. The highest BCUT2D eigenvalue weighted by Crippen LogP contribution is 2.29. The average Bonchev–Trinajstić information content (AvgIpc) is 2.86. The Morgan fingerprint density at radius 2 is 1.81 bits per heavy atom. The number of methoxy groups -OCH3 is 1. The maximum atomic E-state index is 13.2. The van der Waals surface area contributed by atoms with Crippen LogP contribution in [0.25, 0.3) is 6.08 Å². The largest absolute Gasteiger partial charge is 0.497 e. The third kappa shape index (κ3) is 5.96. The summed E-state index contributed by atoms with van der Waals surface area (Å²) in [6.45, 7) is 1.57. The number of barbiturate groups is 1. The van der Waals surface area contributed by atoms with Gasteiger partial charge in [-0.25, -0.2) is 9.69 Å². The Bertz CT molecular complexity index is 1420. The molecule has 0 atom stereocenters. The van der Waals surface area contributed by atoms with Gasteiger partial charge in [0.1, 0.15) is 17.1 Å². The predicted octanol–water partition coefficient (Wildman–Crippen LogP) is 4.34. The molecule has 37 heavy (non-hydrogen) atoms. The highest BCUT2D eigenvalue weighted by molar-refractivity contribution is 6.39. The van der Waals surface area contributed by atoms with Crippen LogP contribution in [0, 0.1) is 6.92 Å². The first-order valence-electron chi connectivity index (χ1n) is 11.1. The van der Waals surface area contributed by atoms with Gasteiger partial charge in [0, 0.05) is 22.3 Å². The molecule has 2 N–H and O–H groups in total. The van der Waals surface area contributed by atoms with Crippen LogP contribution in [0.1, 0.15) is 11.1 Å². The fraction of sp³-hybridized carbons (Fsp3) is 0.111. The van der Waals surface area contributed by atoms with Gasteiger partial charge >= 0.3 is 6.03 Å². The summed E-state index contributed by atoms with van der Waals surface area (Å²) in [5, 5.41) is 5.33. The molecule has 5 amide bonds. The van der Waals surface area contributed by atoms with Gasteiger partial charge in [-0.15, -0.1) is 0 Å². The molecule has 1 aliphatic rings. The van der Waals surface area contributed by atoms with Crippen molar-refractivity contribution in [3.63, 3.8) is 0 Å². The summed E-state index contributed by atoms with van der Waals surface area (Å²) in [6.07, 6.45) is 1.29. The summed E-state index contributed by atoms with van der Waals surface area (Å²) in [4.78, 5) is 51.5. The Labute approximate surface area is 217 Å². The Kier molecular flexibility index (Phi) is 7.55. The van der Waals surface area contributed by atoms with Crippen molar-refractivity contribution in [2.24, 2.45) is 0 Å². The molecule has 0 saturated carbocycles. The predicted molar refractivity (Wildman–Crippen MR) is 139 cm³/mol. The molecule has 1 fully saturated rings. The summed E-state index contributed by atoms with van der Waals surface area (Å²) < 4.78 is 11.0. The first-order chi connectivity index (χ1) is 17.7. The van der Waals surface area contributed by atoms with E-state index in [9.17, 15) is 19.2 Å². The van der Waals surface area contributed by atoms with Gasteiger partial charge in [-0.1, -0.05) is 23.7 Å². The number of hydrogen-bond acceptors (Lipinski definition) is 6. The highest BCUT2D eigenvalue weighted by Gasteiger charge is 2.37. The smallest absolute Gasteiger partial charge is 0.335 e. The lowest BCUT2D eigenvalue weighted by Gasteiger charge is -2.26. The van der Waals surface area contributed by atoms with Gasteiger partial charge in [0.15, 0.2) is 6.61 Å². The Balaban J connectivity index is 1.60. The van der Waals surface area contributed by atoms with Crippen LogP contribution in [-0.2, 0) is 14.4 Å². The van der Waals surface area contributed by atoms with Crippen LogP contribution in [0.3, 0.4) is 0 Å². The average molecular weight is 520 g/mol. The zero-order valence-electron chi connectivity index (χ0n) is 19.9. The third-order valence-electron chi connectivity index (χ3n) is 5.37. The number of carbonyl (C=O) groups is 4. The summed E-state index contributed by atoms with van der Waals surface area (Å²) in [7, 11) is 1.47. The molecular formula is C27H22ClN3O6. The SMILES string of the molecule is COc1ccc(/C=C2\C(=O)NC(=O)N(c3ccc(Cl)cc3)C2=O)c(OCC(=O)Nc2cccc(C)c2)c1. The van der Waals surface area contributed by atoms with Crippen molar-refractivity contribution in [1.29, 1.82) is 0 Å². The van der Waals surface area contributed by atoms with Gasteiger partial charge < -0.3 is 14.8 Å². The van der Waals surface area contributed by atoms with E-state index in [0.717, 1.165) is 10.5 Å². The number of urea groups is 1. The Morgan fingerprint density at radius 1 is 1.05 bits per heavy atom. The van der Waals surface area contributed by atoms with Crippen LogP contribution in [-0.4, -0.2) is 37.5 Å². The molecule has 10 heteroatoms. The summed E-state index contributed by atoms with van der Waals surface area (Å²) in [6, 6.07) is 17.2. The van der Waals surface area contributed by atoms with E-state index < -0.39 is 23.8 Å². The molecule has 4 rings (SSSR count). The molecule has 188 valence electrons. The second-order valence-electron chi connectivity index (χ2n) is 8.04. The quantitative estimate of drug-likeness (QED) is 0.354. The number of amides is 5. The van der Waals surface area contributed by atoms with Gasteiger partial charge in [0.05, 0.1) is 12.8 Å². The number of rotatable bonds is 7. The second-order valence-corrected chi connectivity index (χ2v) is 8.48. The molecule has 1 aliphatic heterocycles. The van der Waals surface area contributed by atoms with E-state index in [1.165, 1.54) is 43.5 Å². The fourth-order valence-corrected chi connectivity index (χ4v) is 3.71. The molecule has 0 unspecified atom stereocenters. The van der Waals surface area contributed by atoms with Crippen LogP contribution in [0.4, 0.5) is 16.2 Å². The molecule has 3 aromatic carbocycles. The molecule has 0 aliphatic carbocycles. The fourth-order valence-electron chi connectivity index (χ4n) is 3.59. The van der Waals surface area contributed by atoms with Crippen LogP contribution in [0.2, 0.25) is 5.02 Å². The summed E-state index contributed by atoms with van der Waals surface area (Å²) in [5.41, 5.74) is 1.88. The van der Waals surface area contributed by atoms with Gasteiger partial charge in [-0.2, -0.15) is 0 Å². The van der Waals surface area contributed by atoms with Gasteiger partial charge in [-0.3, -0.25) is 19.7 Å². The number of nitrogens with zero attached hydrogens (tertiary/aromatic N) is 1. The molecule has 0 aromatic heterocycles. The van der Waals surface area contributed by atoms with E-state index >= 15 is 0 Å². The maximum absolute atomic E-state index is 13.2. The van der Waals surface area contributed by atoms with Crippen molar-refractivity contribution in [1.82, 2.24) is 5.32 Å². The van der Waals surface area contributed by atoms with E-state index in [2.05, 4.69) is 10.6 Å². The molecule has 0 bridgehead atoms. The van der Waals surface area contributed by atoms with Crippen LogP contribution >= 0.6 is 11.6 Å². The van der Waals surface area contributed by atoms with E-state index in [4.69, 9.17) is 21.1 Å². The third-order valence-corrected chi connectivity index (χ3v) is 5.62. The number of benzene rings is 3. The Morgan fingerprint density at radius 3 is 2.51 bits per heavy atom. The molecular weight excluding hydrogens is 498 g/mol. The molecule has 9 nitrogen and oxygen atoms in total. The van der Waals surface area contributed by atoms with Crippen molar-refractivity contribution < 1.29 is 28.7 Å². The van der Waals surface area contributed by atoms with Gasteiger partial charge in [-0.05, 0) is 67.1 Å². The lowest BCUT2D eigenvalue weighted by Crippen LogP contribution is -2.54. The minimum atomic E-state index is -0.881. The monoisotopic (exact) mass is 519 g/mol. The number of ether oxygens (including phenoxy) is 2. The zero-order chi connectivity index (χ0) is 26.5. The van der Waals surface area contributed by atoms with E-state index in [1.807, 2.05) is 25.1 Å². The van der Waals surface area contributed by atoms with Crippen molar-refractivity contribution >= 4 is 52.8 Å². The minimum Gasteiger partial charge on any atom is -0.497 e. The number of carbonyl (C=O) groups excluding carboxylic acids is 4. The van der Waals surface area contributed by atoms with Gasteiger partial charge in [0.25, 0.3) is 17.7 Å². The van der Waals surface area contributed by atoms with E-state index in [0.29, 0.717) is 22.0 Å². The van der Waals surface area contributed by atoms with Crippen molar-refractivity contribution in [2.45, 2.75) is 6.92 Å². The number of aryl methyl sites for hydroxylation is 1. The molecule has 3 aromatic rings. The van der Waals surface area contributed by atoms with Crippen molar-refractivity contribution in [2.75, 3.05) is 23.9 Å². The summed E-state index contributed by atoms with van der Waals surface area (Å²) >= 11 is 5.91. The summed E-state index contributed by atoms with van der Waals surface area (Å²) in [5.74, 6) is -1.46. The maximum Gasteiger partial charge on any atom is 0.335 e. The van der Waals surface area contributed by atoms with Crippen LogP contribution < -0.4 is 25.0 Å². The first-order valence-corrected chi connectivity index (χ1v) is 11.5. The number of imide groups is 2. The molecule has 1 saturated heterocycles. The van der Waals surface area contributed by atoms with Crippen LogP contribution in [0.15, 0.2) is 72.3 Å². The number of nitrogens with one attached hydrogen (secondary N) is 2. The van der Waals surface area contributed by atoms with Crippen molar-refractivity contribution in [3.05, 3.63) is 88.5 Å². The topological polar surface area (TPSA) is 114 Å². The number of hydrogen-bond donors (Lipinski definition) is 2. The normalized spacial score (nSPS) is 14.4. The van der Waals surface area contributed by atoms with E-state index in [-0.39, 0.29) is 23.6 Å². The standard InChI is InChI=1S/C27H22ClN3O6/c1-16-4-3-5-19(12-16)29-24(32)15-37-23-14-21(36-2)11-6-17(23)13-22-25(33)30-27(35)31(26(22)34)20-9-7-18(28)8-10-20/h3-14H,15H2,1-2H3,(H,29,32)(H,30,33,35)/b22-13+. The molecule has 1 heterocycles. The first kappa shape index (κ1) is 25.5. The van der Waals surface area contributed by atoms with E-state index in [1.54, 1.807) is 18.2 Å². The molecule has 0 spiro atoms. The number of halogens is 1. The lowest BCUT2D eigenvalue weighted by molar-refractivity contribution is -0.122. The van der Waals surface area contributed by atoms with Crippen LogP contribution in [0.5, 0.6) is 11.5 Å². The van der Waals surface area contributed by atoms with Crippen molar-refractivity contribution in [3.8, 4) is 11.5 Å². The number of anilines is 2. The molecule has 0 radical (unpaired) electrons.